The minimum Gasteiger partial charge on any atom is -0.441 e. The third-order valence-corrected chi connectivity index (χ3v) is 5.49. The van der Waals surface area contributed by atoms with Crippen molar-refractivity contribution in [1.29, 1.82) is 0 Å². The Labute approximate surface area is 151 Å². The Balaban J connectivity index is 1.80. The van der Waals surface area contributed by atoms with Crippen LogP contribution in [0, 0.1) is 13.8 Å². The maximum absolute atomic E-state index is 12.3. The van der Waals surface area contributed by atoms with Gasteiger partial charge in [0.25, 0.3) is 0 Å². The highest BCUT2D eigenvalue weighted by Crippen LogP contribution is 2.25. The molecule has 7 heteroatoms. The lowest BCUT2D eigenvalue weighted by molar-refractivity contribution is 0.538. The standard InChI is InChI=1S/C18H17ClN2O3S/c1-12-5-3-4-6-16(12)18-21-17(13(2)24-18)11-20-25(22,23)15-9-7-14(19)8-10-15/h3-10,20H,11H2,1-2H3. The van der Waals surface area contributed by atoms with Gasteiger partial charge < -0.3 is 4.42 Å². The predicted molar refractivity (Wildman–Crippen MR) is 96.9 cm³/mol. The summed E-state index contributed by atoms with van der Waals surface area (Å²) in [7, 11) is -3.65. The molecule has 2 aromatic carbocycles. The Morgan fingerprint density at radius 1 is 1.08 bits per heavy atom. The van der Waals surface area contributed by atoms with Gasteiger partial charge in [0, 0.05) is 10.6 Å². The summed E-state index contributed by atoms with van der Waals surface area (Å²) in [6, 6.07) is 13.7. The molecule has 1 N–H and O–H groups in total. The molecule has 0 bridgehead atoms. The van der Waals surface area contributed by atoms with Crippen LogP contribution in [0.1, 0.15) is 17.0 Å². The summed E-state index contributed by atoms with van der Waals surface area (Å²) in [4.78, 5) is 4.59. The van der Waals surface area contributed by atoms with E-state index in [1.165, 1.54) is 24.3 Å². The number of rotatable bonds is 5. The van der Waals surface area contributed by atoms with Crippen molar-refractivity contribution in [3.05, 3.63) is 70.6 Å². The molecule has 1 aromatic heterocycles. The zero-order valence-corrected chi connectivity index (χ0v) is 15.4. The Kier molecular flexibility index (Phi) is 4.94. The van der Waals surface area contributed by atoms with Crippen molar-refractivity contribution in [3.8, 4) is 11.5 Å². The minimum absolute atomic E-state index is 0.0478. The summed E-state index contributed by atoms with van der Waals surface area (Å²) in [6.45, 7) is 3.78. The van der Waals surface area contributed by atoms with Crippen LogP contribution in [0.15, 0.2) is 57.8 Å². The normalized spacial score (nSPS) is 11.6. The summed E-state index contributed by atoms with van der Waals surface area (Å²) >= 11 is 5.79. The van der Waals surface area contributed by atoms with Gasteiger partial charge in [-0.05, 0) is 49.7 Å². The third kappa shape index (κ3) is 3.92. The smallest absolute Gasteiger partial charge is 0.240 e. The molecule has 0 unspecified atom stereocenters. The van der Waals surface area contributed by atoms with Crippen LogP contribution in [-0.2, 0) is 16.6 Å². The number of benzene rings is 2. The number of aryl methyl sites for hydroxylation is 2. The molecular formula is C18H17ClN2O3S. The molecule has 0 aliphatic heterocycles. The fourth-order valence-electron chi connectivity index (χ4n) is 2.38. The molecule has 0 saturated heterocycles. The Hall–Kier alpha value is -2.15. The molecular weight excluding hydrogens is 360 g/mol. The van der Waals surface area contributed by atoms with Crippen molar-refractivity contribution in [1.82, 2.24) is 9.71 Å². The SMILES string of the molecule is Cc1ccccc1-c1nc(CNS(=O)(=O)c2ccc(Cl)cc2)c(C)o1. The molecule has 0 amide bonds. The van der Waals surface area contributed by atoms with Gasteiger partial charge in [-0.1, -0.05) is 29.8 Å². The maximum Gasteiger partial charge on any atom is 0.240 e. The molecule has 0 radical (unpaired) electrons. The lowest BCUT2D eigenvalue weighted by Gasteiger charge is -2.05. The highest BCUT2D eigenvalue weighted by Gasteiger charge is 2.17. The van der Waals surface area contributed by atoms with Crippen LogP contribution >= 0.6 is 11.6 Å². The van der Waals surface area contributed by atoms with E-state index < -0.39 is 10.0 Å². The molecule has 0 aliphatic carbocycles. The van der Waals surface area contributed by atoms with E-state index in [1.807, 2.05) is 31.2 Å². The lowest BCUT2D eigenvalue weighted by atomic mass is 10.1. The second kappa shape index (κ2) is 7.00. The van der Waals surface area contributed by atoms with Crippen molar-refractivity contribution >= 4 is 21.6 Å². The first-order valence-electron chi connectivity index (χ1n) is 7.64. The molecule has 1 heterocycles. The first-order chi connectivity index (χ1) is 11.9. The van der Waals surface area contributed by atoms with Crippen LogP contribution in [0.5, 0.6) is 0 Å². The number of hydrogen-bond acceptors (Lipinski definition) is 4. The fraction of sp³-hybridized carbons (Fsp3) is 0.167. The van der Waals surface area contributed by atoms with E-state index in [-0.39, 0.29) is 11.4 Å². The van der Waals surface area contributed by atoms with Crippen LogP contribution in [0.2, 0.25) is 5.02 Å². The average molecular weight is 377 g/mol. The largest absolute Gasteiger partial charge is 0.441 e. The number of nitrogens with zero attached hydrogens (tertiary/aromatic N) is 1. The van der Waals surface area contributed by atoms with Gasteiger partial charge in [0.15, 0.2) is 0 Å². The maximum atomic E-state index is 12.3. The van der Waals surface area contributed by atoms with E-state index in [1.54, 1.807) is 6.92 Å². The molecule has 3 aromatic rings. The summed E-state index contributed by atoms with van der Waals surface area (Å²) in [6.07, 6.45) is 0. The first kappa shape index (κ1) is 17.7. The fourth-order valence-corrected chi connectivity index (χ4v) is 3.49. The Bertz CT molecular complexity index is 995. The van der Waals surface area contributed by atoms with Crippen LogP contribution in [0.25, 0.3) is 11.5 Å². The van der Waals surface area contributed by atoms with Gasteiger partial charge in [-0.3, -0.25) is 0 Å². The average Bonchev–Trinajstić information content (AvgIpc) is 2.95. The Morgan fingerprint density at radius 2 is 1.76 bits per heavy atom. The van der Waals surface area contributed by atoms with Crippen molar-refractivity contribution in [3.63, 3.8) is 0 Å². The van der Waals surface area contributed by atoms with Crippen LogP contribution < -0.4 is 4.72 Å². The molecule has 5 nitrogen and oxygen atoms in total. The van der Waals surface area contributed by atoms with E-state index in [0.29, 0.717) is 22.4 Å². The van der Waals surface area contributed by atoms with Gasteiger partial charge in [0.1, 0.15) is 5.76 Å². The van der Waals surface area contributed by atoms with E-state index >= 15 is 0 Å². The van der Waals surface area contributed by atoms with Crippen LogP contribution in [-0.4, -0.2) is 13.4 Å². The lowest BCUT2D eigenvalue weighted by Crippen LogP contribution is -2.23. The quantitative estimate of drug-likeness (QED) is 0.727. The zero-order chi connectivity index (χ0) is 18.0. The monoisotopic (exact) mass is 376 g/mol. The Morgan fingerprint density at radius 3 is 2.44 bits per heavy atom. The summed E-state index contributed by atoms with van der Waals surface area (Å²) < 4.78 is 32.9. The highest BCUT2D eigenvalue weighted by atomic mass is 35.5. The minimum atomic E-state index is -3.65. The number of hydrogen-bond donors (Lipinski definition) is 1. The molecule has 0 spiro atoms. The van der Waals surface area contributed by atoms with Gasteiger partial charge >= 0.3 is 0 Å². The van der Waals surface area contributed by atoms with E-state index in [2.05, 4.69) is 9.71 Å². The van der Waals surface area contributed by atoms with Crippen molar-refractivity contribution < 1.29 is 12.8 Å². The van der Waals surface area contributed by atoms with Crippen molar-refractivity contribution in [2.24, 2.45) is 0 Å². The second-order valence-electron chi connectivity index (χ2n) is 5.62. The van der Waals surface area contributed by atoms with E-state index in [4.69, 9.17) is 16.0 Å². The molecule has 0 saturated carbocycles. The van der Waals surface area contributed by atoms with Crippen LogP contribution in [0.3, 0.4) is 0 Å². The van der Waals surface area contributed by atoms with Crippen molar-refractivity contribution in [2.45, 2.75) is 25.3 Å². The third-order valence-electron chi connectivity index (χ3n) is 3.82. The topological polar surface area (TPSA) is 72.2 Å². The molecule has 0 atom stereocenters. The molecule has 130 valence electrons. The number of oxazole rings is 1. The molecule has 25 heavy (non-hydrogen) atoms. The van der Waals surface area contributed by atoms with Crippen LogP contribution in [0.4, 0.5) is 0 Å². The van der Waals surface area contributed by atoms with Gasteiger partial charge in [-0.2, -0.15) is 0 Å². The van der Waals surface area contributed by atoms with E-state index in [9.17, 15) is 8.42 Å². The summed E-state index contributed by atoms with van der Waals surface area (Å²) in [5.41, 5.74) is 2.48. The van der Waals surface area contributed by atoms with Gasteiger partial charge in [-0.25, -0.2) is 18.1 Å². The molecule has 0 aliphatic rings. The number of halogens is 1. The molecule has 0 fully saturated rings. The predicted octanol–water partition coefficient (Wildman–Crippen LogP) is 4.09. The second-order valence-corrected chi connectivity index (χ2v) is 7.82. The number of nitrogens with one attached hydrogen (secondary N) is 1. The van der Waals surface area contributed by atoms with Gasteiger partial charge in [0.05, 0.1) is 17.1 Å². The van der Waals surface area contributed by atoms with Gasteiger partial charge in [0.2, 0.25) is 15.9 Å². The summed E-state index contributed by atoms with van der Waals surface area (Å²) in [5.74, 6) is 1.06. The molecule has 3 rings (SSSR count). The zero-order valence-electron chi connectivity index (χ0n) is 13.8. The first-order valence-corrected chi connectivity index (χ1v) is 9.50. The highest BCUT2D eigenvalue weighted by molar-refractivity contribution is 7.89. The van der Waals surface area contributed by atoms with E-state index in [0.717, 1.165) is 11.1 Å². The number of sulfonamides is 1. The van der Waals surface area contributed by atoms with Crippen molar-refractivity contribution in [2.75, 3.05) is 0 Å². The van der Waals surface area contributed by atoms with Gasteiger partial charge in [-0.15, -0.1) is 0 Å². The number of aromatic nitrogens is 1. The summed E-state index contributed by atoms with van der Waals surface area (Å²) in [5, 5.41) is 0.481.